The summed E-state index contributed by atoms with van der Waals surface area (Å²) in [6, 6.07) is 0. The molecule has 0 aliphatic heterocycles. The summed E-state index contributed by atoms with van der Waals surface area (Å²) < 4.78 is 0. The maximum absolute atomic E-state index is 11.7. The van der Waals surface area contributed by atoms with Crippen LogP contribution in [0.15, 0.2) is 36.0 Å². The van der Waals surface area contributed by atoms with Crippen LogP contribution in [0, 0.1) is 46.3 Å². The number of aliphatic hydroxyl groups is 2. The first-order valence-electron chi connectivity index (χ1n) is 19.8. The number of allylic oxidation sites excluding steroid dienone is 4. The van der Waals surface area contributed by atoms with Crippen molar-refractivity contribution < 1.29 is 29.4 Å². The molecule has 3 unspecified atom stereocenters. The molecule has 0 heterocycles. The van der Waals surface area contributed by atoms with E-state index >= 15 is 0 Å². The number of fused-ring (bicyclic) bond motifs is 1. The lowest BCUT2D eigenvalue weighted by molar-refractivity contribution is -0.167. The number of ketones is 4. The lowest BCUT2D eigenvalue weighted by Crippen LogP contribution is -2.56. The fourth-order valence-electron chi connectivity index (χ4n) is 8.31. The Balaban J connectivity index is 0.000000685. The third kappa shape index (κ3) is 14.8. The van der Waals surface area contributed by atoms with Gasteiger partial charge in [0, 0.05) is 43.9 Å². The van der Waals surface area contributed by atoms with Crippen LogP contribution in [0.3, 0.4) is 0 Å². The van der Waals surface area contributed by atoms with Gasteiger partial charge in [-0.25, -0.2) is 0 Å². The van der Waals surface area contributed by atoms with Gasteiger partial charge in [-0.15, -0.1) is 0 Å². The molecule has 306 valence electrons. The van der Waals surface area contributed by atoms with Crippen molar-refractivity contribution in [1.29, 1.82) is 0 Å². The first-order chi connectivity index (χ1) is 23.3. The summed E-state index contributed by atoms with van der Waals surface area (Å²) in [6.07, 6.45) is 14.1. The first-order valence-corrected chi connectivity index (χ1v) is 19.8. The average Bonchev–Trinajstić information content (AvgIpc) is 3.01. The Morgan fingerprint density at radius 1 is 0.774 bits per heavy atom. The summed E-state index contributed by atoms with van der Waals surface area (Å²) in [4.78, 5) is 45.5. The van der Waals surface area contributed by atoms with E-state index in [1.807, 2.05) is 40.7 Å². The molecule has 0 spiro atoms. The van der Waals surface area contributed by atoms with Gasteiger partial charge < -0.3 is 10.2 Å². The van der Waals surface area contributed by atoms with Crippen molar-refractivity contribution in [2.45, 2.75) is 192 Å². The van der Waals surface area contributed by atoms with Gasteiger partial charge in [0.05, 0.1) is 11.2 Å². The fraction of sp³-hybridized carbons (Fsp3) is 0.787. The first kappa shape index (κ1) is 50.8. The molecule has 2 N–H and O–H groups in total. The predicted octanol–water partition coefficient (Wildman–Crippen LogP) is 11.4. The Labute approximate surface area is 326 Å². The normalized spacial score (nSPS) is 33.0. The maximum Gasteiger partial charge on any atom is 0.158 e. The van der Waals surface area contributed by atoms with Crippen LogP contribution in [0.1, 0.15) is 181 Å². The van der Waals surface area contributed by atoms with Crippen molar-refractivity contribution in [2.75, 3.05) is 0 Å². The highest BCUT2D eigenvalue weighted by Crippen LogP contribution is 2.56. The van der Waals surface area contributed by atoms with E-state index in [1.165, 1.54) is 12.0 Å². The average molecular weight is 743 g/mol. The summed E-state index contributed by atoms with van der Waals surface area (Å²) in [5, 5.41) is 20.6. The van der Waals surface area contributed by atoms with Crippen LogP contribution < -0.4 is 0 Å². The summed E-state index contributed by atoms with van der Waals surface area (Å²) in [6.45, 7) is 30.1. The Morgan fingerprint density at radius 2 is 1.30 bits per heavy atom. The van der Waals surface area contributed by atoms with E-state index in [-0.39, 0.29) is 49.1 Å². The number of hydrogen-bond donors (Lipinski definition) is 2. The summed E-state index contributed by atoms with van der Waals surface area (Å²) >= 11 is 0. The molecule has 6 nitrogen and oxygen atoms in total. The monoisotopic (exact) mass is 743 g/mol. The van der Waals surface area contributed by atoms with E-state index in [0.717, 1.165) is 68.9 Å². The molecule has 0 aromatic carbocycles. The summed E-state index contributed by atoms with van der Waals surface area (Å²) in [5.74, 6) is 3.34. The lowest BCUT2D eigenvalue weighted by Gasteiger charge is -2.55. The quantitative estimate of drug-likeness (QED) is 0.279. The third-order valence-corrected chi connectivity index (χ3v) is 13.3. The SMILES string of the molecule is C.C.C=C(C)[C@@H]1CC=C(C)C(=O)C1.C=C(C)[C@@H]1CCC(C)C(=O)C1.CC(C)(C)[C@@H]1CC[C@]2(C)CCC(=O)CC2(O)C1.CC1CC[C@@H](C(C)(C)O)CC1=O. The zero-order valence-electron chi connectivity index (χ0n) is 34.4. The van der Waals surface area contributed by atoms with Crippen LogP contribution in [0.25, 0.3) is 0 Å². The van der Waals surface area contributed by atoms with Crippen LogP contribution in [-0.2, 0) is 19.2 Å². The van der Waals surface area contributed by atoms with Crippen molar-refractivity contribution in [3.05, 3.63) is 36.0 Å². The van der Waals surface area contributed by atoms with E-state index in [2.05, 4.69) is 40.9 Å². The number of rotatable bonds is 3. The van der Waals surface area contributed by atoms with Crippen molar-refractivity contribution >= 4 is 23.1 Å². The summed E-state index contributed by atoms with van der Waals surface area (Å²) in [7, 11) is 0. The number of carbonyl (C=O) groups is 4. The number of hydrogen-bond acceptors (Lipinski definition) is 6. The molecule has 0 saturated heterocycles. The zero-order valence-corrected chi connectivity index (χ0v) is 34.4. The van der Waals surface area contributed by atoms with Gasteiger partial charge in [-0.1, -0.05) is 86.8 Å². The minimum absolute atomic E-state index is 0. The molecule has 0 amide bonds. The highest BCUT2D eigenvalue weighted by atomic mass is 16.3. The van der Waals surface area contributed by atoms with Crippen LogP contribution in [0.4, 0.5) is 0 Å². The van der Waals surface area contributed by atoms with Gasteiger partial charge in [0.25, 0.3) is 0 Å². The lowest BCUT2D eigenvalue weighted by atomic mass is 9.52. The van der Waals surface area contributed by atoms with E-state index in [1.54, 1.807) is 13.8 Å². The minimum atomic E-state index is -0.738. The minimum Gasteiger partial charge on any atom is -0.390 e. The predicted molar refractivity (Wildman–Crippen MR) is 223 cm³/mol. The van der Waals surface area contributed by atoms with Gasteiger partial charge in [-0.2, -0.15) is 0 Å². The zero-order chi connectivity index (χ0) is 39.1. The maximum atomic E-state index is 11.7. The molecular weight excluding hydrogens is 661 g/mol. The molecule has 6 heteroatoms. The Bertz CT molecular complexity index is 1310. The molecule has 0 aromatic rings. The largest absolute Gasteiger partial charge is 0.390 e. The smallest absolute Gasteiger partial charge is 0.158 e. The standard InChI is InChI=1S/C15H26O2.C10H18O2.C10H16O.C10H14O.2CH4/c1-13(2,3)11-5-7-14(4)8-6-12(16)10-15(14,17)9-11;1-7-4-5-8(6-9(7)11)10(2,3)12;2*1-7(2)9-5-4-8(3)10(11)6-9;;/h11,17H,5-10H2,1-4H3;7-8,12H,4-6H2,1-3H3;8-9H,1,4-6H2,2-3H3;4,9H,1,5-6H2,2-3H3;2*1H4/t11-,14-,15?;7?,8-;8?,9-;9-;;/m1111../s1. The number of carbonyl (C=O) groups excluding carboxylic acids is 4. The van der Waals surface area contributed by atoms with Gasteiger partial charge in [-0.05, 0) is 132 Å². The van der Waals surface area contributed by atoms with Crippen LogP contribution in [0.5, 0.6) is 0 Å². The number of Topliss-reactive ketones (excluding diaryl/α,β-unsaturated/α-hetero) is 4. The molecular formula is C47H82O6. The highest BCUT2D eigenvalue weighted by Gasteiger charge is 2.55. The van der Waals surface area contributed by atoms with E-state index in [9.17, 15) is 29.4 Å². The van der Waals surface area contributed by atoms with Gasteiger partial charge in [0.15, 0.2) is 5.78 Å². The Morgan fingerprint density at radius 3 is 1.75 bits per heavy atom. The fourth-order valence-corrected chi connectivity index (χ4v) is 8.31. The molecule has 5 rings (SSSR count). The Hall–Kier alpha value is -2.18. The van der Waals surface area contributed by atoms with Crippen molar-refractivity contribution in [3.8, 4) is 0 Å². The molecule has 5 aliphatic rings. The van der Waals surface area contributed by atoms with Crippen LogP contribution in [-0.4, -0.2) is 44.5 Å². The highest BCUT2D eigenvalue weighted by molar-refractivity contribution is 5.95. The summed E-state index contributed by atoms with van der Waals surface area (Å²) in [5.41, 5.74) is 2.00. The van der Waals surface area contributed by atoms with Gasteiger partial charge in [0.1, 0.15) is 17.3 Å². The second-order valence-corrected chi connectivity index (χ2v) is 19.1. The van der Waals surface area contributed by atoms with E-state index < -0.39 is 11.2 Å². The van der Waals surface area contributed by atoms with E-state index in [0.29, 0.717) is 60.9 Å². The van der Waals surface area contributed by atoms with Gasteiger partial charge >= 0.3 is 0 Å². The molecule has 4 fully saturated rings. The topological polar surface area (TPSA) is 109 Å². The molecule has 8 atom stereocenters. The Kier molecular flexibility index (Phi) is 19.8. The second kappa shape index (κ2) is 20.7. The van der Waals surface area contributed by atoms with Gasteiger partial charge in [0.2, 0.25) is 0 Å². The molecule has 53 heavy (non-hydrogen) atoms. The van der Waals surface area contributed by atoms with Crippen molar-refractivity contribution in [1.82, 2.24) is 0 Å². The second-order valence-electron chi connectivity index (χ2n) is 19.1. The molecule has 0 aromatic heterocycles. The molecule has 5 aliphatic carbocycles. The van der Waals surface area contributed by atoms with Crippen LogP contribution >= 0.6 is 0 Å². The van der Waals surface area contributed by atoms with Crippen molar-refractivity contribution in [3.63, 3.8) is 0 Å². The van der Waals surface area contributed by atoms with Gasteiger partial charge in [-0.3, -0.25) is 19.2 Å². The molecule has 4 saturated carbocycles. The van der Waals surface area contributed by atoms with Crippen LogP contribution in [0.2, 0.25) is 0 Å². The van der Waals surface area contributed by atoms with E-state index in [4.69, 9.17) is 0 Å². The third-order valence-electron chi connectivity index (χ3n) is 13.3. The molecule has 0 bridgehead atoms. The molecule has 0 radical (unpaired) electrons. The van der Waals surface area contributed by atoms with Crippen molar-refractivity contribution in [2.24, 2.45) is 46.3 Å².